The fraction of sp³-hybridized carbons (Fsp3) is 0.450. The van der Waals surface area contributed by atoms with Crippen LogP contribution in [0.2, 0.25) is 0 Å². The van der Waals surface area contributed by atoms with Gasteiger partial charge < -0.3 is 36.8 Å². The van der Waals surface area contributed by atoms with Gasteiger partial charge in [-0.25, -0.2) is 4.57 Å². The van der Waals surface area contributed by atoms with Gasteiger partial charge in [-0.1, -0.05) is 30.3 Å². The lowest BCUT2D eigenvalue weighted by Gasteiger charge is -2.23. The van der Waals surface area contributed by atoms with Crippen LogP contribution in [0.5, 0.6) is 0 Å². The molecule has 0 aliphatic heterocycles. The highest BCUT2D eigenvalue weighted by atomic mass is 31.2. The Labute approximate surface area is 201 Å². The zero-order valence-corrected chi connectivity index (χ0v) is 20.3. The second-order valence-corrected chi connectivity index (χ2v) is 8.89. The van der Waals surface area contributed by atoms with E-state index in [9.17, 15) is 28.5 Å². The molecule has 0 heterocycles. The van der Waals surface area contributed by atoms with E-state index in [4.69, 9.17) is 15.5 Å². The van der Waals surface area contributed by atoms with Crippen molar-refractivity contribution < 1.29 is 42.8 Å². The molecule has 0 unspecified atom stereocenters. The summed E-state index contributed by atoms with van der Waals surface area (Å²) < 4.78 is 15.1. The zero-order chi connectivity index (χ0) is 26.8. The Balaban J connectivity index is 2.69. The van der Waals surface area contributed by atoms with Gasteiger partial charge in [0.05, 0.1) is 6.61 Å². The van der Waals surface area contributed by atoms with E-state index in [2.05, 4.69) is 25.8 Å². The summed E-state index contributed by atoms with van der Waals surface area (Å²) in [5, 5.41) is 9.24. The summed E-state index contributed by atoms with van der Waals surface area (Å²) in [6.45, 7) is 2.87. The normalized spacial score (nSPS) is 14.5. The molecule has 0 saturated heterocycles. The first-order valence-corrected chi connectivity index (χ1v) is 11.9. The minimum absolute atomic E-state index is 0.149. The molecular weight excluding hydrogens is 485 g/mol. The summed E-state index contributed by atoms with van der Waals surface area (Å²) in [5.74, 6) is -3.87. The van der Waals surface area contributed by atoms with Gasteiger partial charge in [0.1, 0.15) is 24.2 Å². The van der Waals surface area contributed by atoms with Gasteiger partial charge in [-0.2, -0.15) is 0 Å². The standard InChI is InChI=1S/C20H30N5O9P/c1-11(23-20(30)16(24-13(3)26)10-34-35(31,32)33)18(28)22-12(2)19(29)25-15(17(21)27)9-14-7-5-4-6-8-14/h4-8,11-12,15-16H,9-10H2,1-3H3,(H2,21,27)(H,22,28)(H,23,30)(H,24,26)(H,25,29)(H2,31,32,33)/t11-,12-,15-,16-/m0/s1. The molecule has 14 nitrogen and oxygen atoms in total. The van der Waals surface area contributed by atoms with Crippen molar-refractivity contribution >= 4 is 37.4 Å². The van der Waals surface area contributed by atoms with E-state index in [0.717, 1.165) is 12.5 Å². The van der Waals surface area contributed by atoms with Crippen molar-refractivity contribution in [3.63, 3.8) is 0 Å². The Morgan fingerprint density at radius 1 is 0.886 bits per heavy atom. The summed E-state index contributed by atoms with van der Waals surface area (Å²) >= 11 is 0. The highest BCUT2D eigenvalue weighted by Crippen LogP contribution is 2.35. The average molecular weight is 515 g/mol. The highest BCUT2D eigenvalue weighted by Gasteiger charge is 2.28. The molecule has 194 valence electrons. The number of hydrogen-bond acceptors (Lipinski definition) is 7. The maximum atomic E-state index is 12.5. The predicted octanol–water partition coefficient (Wildman–Crippen LogP) is -2.18. The molecule has 0 saturated carbocycles. The number of carbonyl (C=O) groups is 5. The Hall–Kier alpha value is -3.32. The van der Waals surface area contributed by atoms with Crippen LogP contribution < -0.4 is 27.0 Å². The second kappa shape index (κ2) is 13.5. The summed E-state index contributed by atoms with van der Waals surface area (Å²) in [7, 11) is -4.92. The van der Waals surface area contributed by atoms with Gasteiger partial charge in [0.15, 0.2) is 0 Å². The average Bonchev–Trinajstić information content (AvgIpc) is 2.75. The third-order valence-corrected chi connectivity index (χ3v) is 5.04. The summed E-state index contributed by atoms with van der Waals surface area (Å²) in [6, 6.07) is 4.02. The molecule has 0 aromatic heterocycles. The van der Waals surface area contributed by atoms with E-state index >= 15 is 0 Å². The Morgan fingerprint density at radius 3 is 1.89 bits per heavy atom. The first-order chi connectivity index (χ1) is 16.2. The lowest BCUT2D eigenvalue weighted by molar-refractivity contribution is -0.134. The van der Waals surface area contributed by atoms with E-state index in [1.54, 1.807) is 30.3 Å². The van der Waals surface area contributed by atoms with E-state index in [-0.39, 0.29) is 6.42 Å². The first kappa shape index (κ1) is 29.7. The molecule has 0 fully saturated rings. The summed E-state index contributed by atoms with van der Waals surface area (Å²) in [6.07, 6.45) is 0.149. The van der Waals surface area contributed by atoms with Crippen molar-refractivity contribution in [1.82, 2.24) is 21.3 Å². The van der Waals surface area contributed by atoms with Gasteiger partial charge in [0, 0.05) is 13.3 Å². The Morgan fingerprint density at radius 2 is 1.40 bits per heavy atom. The lowest BCUT2D eigenvalue weighted by atomic mass is 10.1. The maximum Gasteiger partial charge on any atom is 0.469 e. The third kappa shape index (κ3) is 11.6. The van der Waals surface area contributed by atoms with Crippen LogP contribution in [0.1, 0.15) is 26.3 Å². The Bertz CT molecular complexity index is 969. The summed E-state index contributed by atoms with van der Waals surface area (Å²) in [5.41, 5.74) is 6.14. The van der Waals surface area contributed by atoms with Crippen LogP contribution in [0.15, 0.2) is 30.3 Å². The molecule has 0 bridgehead atoms. The number of benzene rings is 1. The molecule has 1 rings (SSSR count). The smallest absolute Gasteiger partial charge is 0.368 e. The van der Waals surface area contributed by atoms with Crippen LogP contribution in [0, 0.1) is 0 Å². The number of nitrogens with two attached hydrogens (primary N) is 1. The van der Waals surface area contributed by atoms with Crippen LogP contribution in [0.3, 0.4) is 0 Å². The van der Waals surface area contributed by atoms with E-state index < -0.39 is 68.1 Å². The minimum atomic E-state index is -4.92. The maximum absolute atomic E-state index is 12.5. The highest BCUT2D eigenvalue weighted by molar-refractivity contribution is 7.46. The molecule has 8 N–H and O–H groups in total. The fourth-order valence-corrected chi connectivity index (χ4v) is 3.10. The topological polar surface area (TPSA) is 226 Å². The van der Waals surface area contributed by atoms with Gasteiger partial charge >= 0.3 is 7.82 Å². The van der Waals surface area contributed by atoms with Gasteiger partial charge in [-0.3, -0.25) is 28.5 Å². The van der Waals surface area contributed by atoms with Gasteiger partial charge in [-0.05, 0) is 19.4 Å². The minimum Gasteiger partial charge on any atom is -0.368 e. The molecule has 35 heavy (non-hydrogen) atoms. The van der Waals surface area contributed by atoms with Crippen LogP contribution >= 0.6 is 7.82 Å². The van der Waals surface area contributed by atoms with Crippen molar-refractivity contribution in [2.24, 2.45) is 5.73 Å². The number of hydrogen-bond donors (Lipinski definition) is 7. The second-order valence-electron chi connectivity index (χ2n) is 7.65. The summed E-state index contributed by atoms with van der Waals surface area (Å²) in [4.78, 5) is 77.9. The number of nitrogens with one attached hydrogen (secondary N) is 4. The van der Waals surface area contributed by atoms with Crippen molar-refractivity contribution in [2.45, 2.75) is 51.4 Å². The van der Waals surface area contributed by atoms with E-state index in [1.165, 1.54) is 13.8 Å². The monoisotopic (exact) mass is 515 g/mol. The van der Waals surface area contributed by atoms with Crippen molar-refractivity contribution in [3.8, 4) is 0 Å². The molecule has 1 aromatic rings. The van der Waals surface area contributed by atoms with Crippen LogP contribution in [-0.2, 0) is 39.5 Å². The molecule has 0 spiro atoms. The van der Waals surface area contributed by atoms with Crippen LogP contribution in [0.25, 0.3) is 0 Å². The first-order valence-electron chi connectivity index (χ1n) is 10.4. The molecule has 4 atom stereocenters. The Kier molecular flexibility index (Phi) is 11.5. The number of carbonyl (C=O) groups excluding carboxylic acids is 5. The molecule has 0 aliphatic carbocycles. The molecule has 15 heteroatoms. The molecular formula is C20H30N5O9P. The van der Waals surface area contributed by atoms with Crippen molar-refractivity contribution in [1.29, 1.82) is 0 Å². The van der Waals surface area contributed by atoms with Crippen LogP contribution in [0.4, 0.5) is 0 Å². The van der Waals surface area contributed by atoms with E-state index in [0.29, 0.717) is 0 Å². The number of amides is 5. The quantitative estimate of drug-likeness (QED) is 0.142. The number of rotatable bonds is 13. The van der Waals surface area contributed by atoms with Crippen molar-refractivity contribution in [2.75, 3.05) is 6.61 Å². The van der Waals surface area contributed by atoms with Crippen LogP contribution in [-0.4, -0.2) is 70.1 Å². The zero-order valence-electron chi connectivity index (χ0n) is 19.4. The number of phosphoric ester groups is 1. The molecule has 1 aromatic carbocycles. The molecule has 0 radical (unpaired) electrons. The largest absolute Gasteiger partial charge is 0.469 e. The number of phosphoric acid groups is 1. The molecule has 5 amide bonds. The van der Waals surface area contributed by atoms with Gasteiger partial charge in [-0.15, -0.1) is 0 Å². The van der Waals surface area contributed by atoms with Crippen molar-refractivity contribution in [3.05, 3.63) is 35.9 Å². The lowest BCUT2D eigenvalue weighted by Crippen LogP contribution is -2.57. The molecule has 0 aliphatic rings. The SMILES string of the molecule is CC(=O)N[C@@H](COP(=O)(O)O)C(=O)N[C@@H](C)C(=O)N[C@@H](C)C(=O)N[C@@H](Cc1ccccc1)C(N)=O. The van der Waals surface area contributed by atoms with Gasteiger partial charge in [0.25, 0.3) is 0 Å². The van der Waals surface area contributed by atoms with E-state index in [1.807, 2.05) is 0 Å². The van der Waals surface area contributed by atoms with Gasteiger partial charge in [0.2, 0.25) is 29.5 Å². The predicted molar refractivity (Wildman–Crippen MR) is 122 cm³/mol. The number of primary amides is 1. The fourth-order valence-electron chi connectivity index (χ4n) is 2.75. The third-order valence-electron chi connectivity index (χ3n) is 4.55.